The van der Waals surface area contributed by atoms with Crippen molar-refractivity contribution in [3.8, 4) is 11.5 Å². The molecule has 0 unspecified atom stereocenters. The maximum absolute atomic E-state index is 10.5. The van der Waals surface area contributed by atoms with E-state index in [1.54, 1.807) is 19.2 Å². The van der Waals surface area contributed by atoms with E-state index in [2.05, 4.69) is 26.5 Å². The Morgan fingerprint density at radius 2 is 2.33 bits per heavy atom. The van der Waals surface area contributed by atoms with Gasteiger partial charge in [-0.2, -0.15) is 5.10 Å². The zero-order chi connectivity index (χ0) is 13.5. The SMILES string of the molecule is CCOc1c(Br)cc(C=NNC(N)=O)cc1OC. The molecule has 6 nitrogen and oxygen atoms in total. The molecule has 2 amide bonds. The highest BCUT2D eigenvalue weighted by atomic mass is 79.9. The summed E-state index contributed by atoms with van der Waals surface area (Å²) in [5.74, 6) is 1.20. The Labute approximate surface area is 113 Å². The first-order valence-electron chi connectivity index (χ1n) is 5.17. The zero-order valence-corrected chi connectivity index (χ0v) is 11.7. The average molecular weight is 316 g/mol. The summed E-state index contributed by atoms with van der Waals surface area (Å²) in [6.07, 6.45) is 1.45. The average Bonchev–Trinajstić information content (AvgIpc) is 2.31. The molecule has 0 aliphatic heterocycles. The number of carbonyl (C=O) groups is 1. The number of nitrogens with one attached hydrogen (secondary N) is 1. The van der Waals surface area contributed by atoms with Crippen LogP contribution in [0.25, 0.3) is 0 Å². The normalized spacial score (nSPS) is 10.4. The predicted molar refractivity (Wildman–Crippen MR) is 72.2 cm³/mol. The lowest BCUT2D eigenvalue weighted by molar-refractivity contribution is 0.249. The zero-order valence-electron chi connectivity index (χ0n) is 10.1. The van der Waals surface area contributed by atoms with E-state index in [0.29, 0.717) is 18.1 Å². The van der Waals surface area contributed by atoms with Crippen molar-refractivity contribution >= 4 is 28.2 Å². The molecule has 0 saturated heterocycles. The fourth-order valence-electron chi connectivity index (χ4n) is 1.27. The summed E-state index contributed by atoms with van der Waals surface area (Å²) in [6, 6.07) is 2.81. The summed E-state index contributed by atoms with van der Waals surface area (Å²) in [5, 5.41) is 3.67. The van der Waals surface area contributed by atoms with Gasteiger partial charge >= 0.3 is 6.03 Å². The molecule has 0 heterocycles. The first-order chi connectivity index (χ1) is 8.58. The summed E-state index contributed by atoms with van der Waals surface area (Å²) >= 11 is 3.38. The van der Waals surface area contributed by atoms with Gasteiger partial charge in [-0.15, -0.1) is 0 Å². The van der Waals surface area contributed by atoms with Gasteiger partial charge in [0.05, 0.1) is 24.4 Å². The summed E-state index contributed by atoms with van der Waals surface area (Å²) in [6.45, 7) is 2.42. The molecule has 1 aromatic carbocycles. The highest BCUT2D eigenvalue weighted by Crippen LogP contribution is 2.36. The molecule has 0 bridgehead atoms. The fourth-order valence-corrected chi connectivity index (χ4v) is 1.84. The standard InChI is InChI=1S/C11H14BrN3O3/c1-3-18-10-8(12)4-7(5-9(10)17-2)6-14-15-11(13)16/h4-6H,3H2,1-2H3,(H3,13,15,16). The molecule has 3 N–H and O–H groups in total. The third-order valence-corrected chi connectivity index (χ3v) is 2.52. The van der Waals surface area contributed by atoms with E-state index in [4.69, 9.17) is 15.2 Å². The van der Waals surface area contributed by atoms with Gasteiger partial charge in [0.1, 0.15) is 0 Å². The van der Waals surface area contributed by atoms with Crippen LogP contribution in [-0.2, 0) is 0 Å². The van der Waals surface area contributed by atoms with Crippen LogP contribution in [0.2, 0.25) is 0 Å². The lowest BCUT2D eigenvalue weighted by Gasteiger charge is -2.11. The number of carbonyl (C=O) groups excluding carboxylic acids is 1. The predicted octanol–water partition coefficient (Wildman–Crippen LogP) is 1.86. The molecule has 98 valence electrons. The van der Waals surface area contributed by atoms with E-state index < -0.39 is 6.03 Å². The lowest BCUT2D eigenvalue weighted by atomic mass is 10.2. The molecule has 7 heteroatoms. The van der Waals surface area contributed by atoms with Gasteiger partial charge in [0.2, 0.25) is 0 Å². The van der Waals surface area contributed by atoms with Crippen LogP contribution >= 0.6 is 15.9 Å². The summed E-state index contributed by atoms with van der Waals surface area (Å²) in [7, 11) is 1.55. The van der Waals surface area contributed by atoms with Crippen molar-refractivity contribution in [3.05, 3.63) is 22.2 Å². The number of methoxy groups -OCH3 is 1. The molecule has 0 aliphatic rings. The first-order valence-corrected chi connectivity index (χ1v) is 5.96. The molecule has 0 spiro atoms. The number of benzene rings is 1. The monoisotopic (exact) mass is 315 g/mol. The van der Waals surface area contributed by atoms with Crippen LogP contribution in [0.5, 0.6) is 11.5 Å². The van der Waals surface area contributed by atoms with Gasteiger partial charge in [0.25, 0.3) is 0 Å². The topological polar surface area (TPSA) is 85.9 Å². The van der Waals surface area contributed by atoms with Crippen LogP contribution in [0.1, 0.15) is 12.5 Å². The molecule has 0 aliphatic carbocycles. The van der Waals surface area contributed by atoms with Gasteiger partial charge in [0, 0.05) is 0 Å². The van der Waals surface area contributed by atoms with Crippen molar-refractivity contribution in [2.45, 2.75) is 6.92 Å². The minimum absolute atomic E-state index is 0.533. The summed E-state index contributed by atoms with van der Waals surface area (Å²) in [5.41, 5.74) is 7.73. The molecule has 0 fully saturated rings. The minimum atomic E-state index is -0.719. The summed E-state index contributed by atoms with van der Waals surface area (Å²) in [4.78, 5) is 10.5. The van der Waals surface area contributed by atoms with Crippen molar-refractivity contribution < 1.29 is 14.3 Å². The molecule has 0 radical (unpaired) electrons. The summed E-state index contributed by atoms with van der Waals surface area (Å²) < 4.78 is 11.4. The molecule has 0 atom stereocenters. The Kier molecular flexibility index (Phi) is 5.44. The van der Waals surface area contributed by atoms with E-state index in [1.807, 2.05) is 6.92 Å². The first kappa shape index (κ1) is 14.3. The van der Waals surface area contributed by atoms with Crippen LogP contribution in [0.4, 0.5) is 4.79 Å². The third-order valence-electron chi connectivity index (χ3n) is 1.93. The van der Waals surface area contributed by atoms with Gasteiger partial charge in [-0.1, -0.05) is 0 Å². The third kappa shape index (κ3) is 3.92. The van der Waals surface area contributed by atoms with E-state index in [-0.39, 0.29) is 0 Å². The fraction of sp³-hybridized carbons (Fsp3) is 0.273. The Hall–Kier alpha value is -1.76. The molecular weight excluding hydrogens is 302 g/mol. The Balaban J connectivity index is 2.99. The lowest BCUT2D eigenvalue weighted by Crippen LogP contribution is -2.24. The highest BCUT2D eigenvalue weighted by molar-refractivity contribution is 9.10. The van der Waals surface area contributed by atoms with E-state index in [1.165, 1.54) is 6.21 Å². The number of nitrogens with two attached hydrogens (primary N) is 1. The Morgan fingerprint density at radius 1 is 1.61 bits per heavy atom. The minimum Gasteiger partial charge on any atom is -0.493 e. The van der Waals surface area contributed by atoms with Crippen LogP contribution in [0, 0.1) is 0 Å². The van der Waals surface area contributed by atoms with Crippen LogP contribution in [0.3, 0.4) is 0 Å². The Bertz CT molecular complexity index is 463. The Morgan fingerprint density at radius 3 is 2.89 bits per heavy atom. The number of rotatable bonds is 5. The van der Waals surface area contributed by atoms with Gasteiger partial charge < -0.3 is 15.2 Å². The largest absolute Gasteiger partial charge is 0.493 e. The second-order valence-electron chi connectivity index (χ2n) is 3.20. The number of hydrogen-bond donors (Lipinski definition) is 2. The number of hydrogen-bond acceptors (Lipinski definition) is 4. The maximum atomic E-state index is 10.5. The maximum Gasteiger partial charge on any atom is 0.332 e. The van der Waals surface area contributed by atoms with Crippen molar-refractivity contribution in [2.24, 2.45) is 10.8 Å². The van der Waals surface area contributed by atoms with Gasteiger partial charge in [0.15, 0.2) is 11.5 Å². The smallest absolute Gasteiger partial charge is 0.332 e. The number of ether oxygens (including phenoxy) is 2. The molecular formula is C11H14BrN3O3. The highest BCUT2D eigenvalue weighted by Gasteiger charge is 2.10. The number of nitrogens with zero attached hydrogens (tertiary/aromatic N) is 1. The van der Waals surface area contributed by atoms with Crippen molar-refractivity contribution in [2.75, 3.05) is 13.7 Å². The van der Waals surface area contributed by atoms with Gasteiger partial charge in [-0.25, -0.2) is 10.2 Å². The van der Waals surface area contributed by atoms with E-state index >= 15 is 0 Å². The second kappa shape index (κ2) is 6.85. The number of halogens is 1. The second-order valence-corrected chi connectivity index (χ2v) is 4.06. The molecule has 1 aromatic rings. The molecule has 0 aromatic heterocycles. The number of amides is 2. The van der Waals surface area contributed by atoms with Crippen molar-refractivity contribution in [3.63, 3.8) is 0 Å². The number of urea groups is 1. The molecule has 1 rings (SSSR count). The van der Waals surface area contributed by atoms with E-state index in [9.17, 15) is 4.79 Å². The molecule has 18 heavy (non-hydrogen) atoms. The van der Waals surface area contributed by atoms with Crippen LogP contribution in [0.15, 0.2) is 21.7 Å². The van der Waals surface area contributed by atoms with Gasteiger partial charge in [-0.05, 0) is 40.5 Å². The van der Waals surface area contributed by atoms with E-state index in [0.717, 1.165) is 10.0 Å². The van der Waals surface area contributed by atoms with Crippen LogP contribution < -0.4 is 20.6 Å². The quantitative estimate of drug-likeness (QED) is 0.642. The number of primary amides is 1. The van der Waals surface area contributed by atoms with Crippen molar-refractivity contribution in [1.29, 1.82) is 0 Å². The van der Waals surface area contributed by atoms with Crippen LogP contribution in [-0.4, -0.2) is 26.0 Å². The number of hydrazone groups is 1. The van der Waals surface area contributed by atoms with Gasteiger partial charge in [-0.3, -0.25) is 0 Å². The molecule has 0 saturated carbocycles. The van der Waals surface area contributed by atoms with Crippen molar-refractivity contribution in [1.82, 2.24) is 5.43 Å².